The van der Waals surface area contributed by atoms with E-state index in [1.807, 2.05) is 12.1 Å². The monoisotopic (exact) mass is 592 g/mol. The van der Waals surface area contributed by atoms with E-state index in [1.165, 1.54) is 18.6 Å². The van der Waals surface area contributed by atoms with Gasteiger partial charge in [0, 0.05) is 61.3 Å². The van der Waals surface area contributed by atoms with Crippen molar-refractivity contribution in [2.45, 2.75) is 39.3 Å². The molecule has 4 rings (SSSR count). The summed E-state index contributed by atoms with van der Waals surface area (Å²) in [7, 11) is 1.77. The standard InChI is InChI=1S/C31H38F2N8O2/c1-5-30(42)39-25-15-26(38-29-16-24(36-19-37-29)20-8-9-21(18-34)23(14-20)35-4)28(43-31(32)33)17-27(25)41-12-10-22(11-13-41)40(6-2)7-3/h5,8-9,14-19,22,31,34-35H,1,6-7,10-13H2,2-4H3,(H,39,42)(H,36,37,38). The van der Waals surface area contributed by atoms with Crippen LogP contribution in [0.1, 0.15) is 32.3 Å². The first-order chi connectivity index (χ1) is 20.8. The molecular formula is C31H38F2N8O2. The second-order valence-electron chi connectivity index (χ2n) is 9.99. The van der Waals surface area contributed by atoms with Crippen molar-refractivity contribution in [3.8, 4) is 17.0 Å². The number of aromatic nitrogens is 2. The van der Waals surface area contributed by atoms with E-state index < -0.39 is 12.5 Å². The molecular weight excluding hydrogens is 554 g/mol. The van der Waals surface area contributed by atoms with Gasteiger partial charge in [-0.15, -0.1) is 0 Å². The van der Waals surface area contributed by atoms with Crippen LogP contribution in [0.5, 0.6) is 5.75 Å². The molecule has 0 unspecified atom stereocenters. The zero-order chi connectivity index (χ0) is 30.9. The van der Waals surface area contributed by atoms with Crippen molar-refractivity contribution in [2.24, 2.45) is 0 Å². The lowest BCUT2D eigenvalue weighted by Crippen LogP contribution is -2.45. The van der Waals surface area contributed by atoms with Crippen LogP contribution in [0.25, 0.3) is 11.3 Å². The van der Waals surface area contributed by atoms with Gasteiger partial charge in [0.2, 0.25) is 5.91 Å². The molecule has 2 heterocycles. The third kappa shape index (κ3) is 7.63. The van der Waals surface area contributed by atoms with E-state index in [4.69, 9.17) is 10.1 Å². The minimum Gasteiger partial charge on any atom is -0.433 e. The fraction of sp³-hybridized carbons (Fsp3) is 0.355. The first-order valence-electron chi connectivity index (χ1n) is 14.3. The Bertz CT molecular complexity index is 1440. The maximum absolute atomic E-state index is 13.6. The lowest BCUT2D eigenvalue weighted by atomic mass is 10.0. The van der Waals surface area contributed by atoms with Gasteiger partial charge in [-0.2, -0.15) is 8.78 Å². The summed E-state index contributed by atoms with van der Waals surface area (Å²) in [5.41, 5.74) is 4.04. The second-order valence-corrected chi connectivity index (χ2v) is 9.99. The smallest absolute Gasteiger partial charge is 0.387 e. The number of piperidine rings is 1. The van der Waals surface area contributed by atoms with E-state index in [9.17, 15) is 13.6 Å². The third-order valence-corrected chi connectivity index (χ3v) is 7.59. The summed E-state index contributed by atoms with van der Waals surface area (Å²) in [5, 5.41) is 16.6. The number of anilines is 5. The molecule has 0 spiro atoms. The van der Waals surface area contributed by atoms with Crippen LogP contribution in [0.3, 0.4) is 0 Å². The van der Waals surface area contributed by atoms with E-state index in [0.717, 1.165) is 48.8 Å². The Morgan fingerprint density at radius 1 is 1.14 bits per heavy atom. The summed E-state index contributed by atoms with van der Waals surface area (Å²) < 4.78 is 32.2. The Labute approximate surface area is 250 Å². The summed E-state index contributed by atoms with van der Waals surface area (Å²) >= 11 is 0. The Balaban J connectivity index is 1.69. The molecule has 1 aliphatic rings. The molecule has 1 aliphatic heterocycles. The third-order valence-electron chi connectivity index (χ3n) is 7.59. The molecule has 1 fully saturated rings. The first-order valence-corrected chi connectivity index (χ1v) is 14.3. The average Bonchev–Trinajstić information content (AvgIpc) is 3.02. The number of hydrogen-bond acceptors (Lipinski definition) is 9. The predicted octanol–water partition coefficient (Wildman–Crippen LogP) is 5.96. The highest BCUT2D eigenvalue weighted by atomic mass is 19.3. The number of rotatable bonds is 13. The molecule has 228 valence electrons. The van der Waals surface area contributed by atoms with Gasteiger partial charge in [-0.1, -0.05) is 32.6 Å². The number of nitrogens with zero attached hydrogens (tertiary/aromatic N) is 4. The molecule has 10 nitrogen and oxygen atoms in total. The normalized spacial score (nSPS) is 13.6. The highest BCUT2D eigenvalue weighted by Gasteiger charge is 2.26. The SMILES string of the molecule is C=CC(=O)Nc1cc(Nc2cc(-c3ccc(C=N)c(NC)c3)ncn2)c(OC(F)F)cc1N1CCC(N(CC)CC)CC1. The second kappa shape index (κ2) is 14.5. The van der Waals surface area contributed by atoms with Crippen molar-refractivity contribution in [3.05, 3.63) is 60.9 Å². The van der Waals surface area contributed by atoms with E-state index in [2.05, 4.69) is 56.1 Å². The number of hydrogen-bond donors (Lipinski definition) is 4. The summed E-state index contributed by atoms with van der Waals surface area (Å²) in [4.78, 5) is 25.6. The molecule has 0 aliphatic carbocycles. The van der Waals surface area contributed by atoms with Gasteiger partial charge >= 0.3 is 6.61 Å². The van der Waals surface area contributed by atoms with Crippen LogP contribution in [0.2, 0.25) is 0 Å². The van der Waals surface area contributed by atoms with Crippen molar-refractivity contribution >= 4 is 40.7 Å². The fourth-order valence-corrected chi connectivity index (χ4v) is 5.40. The Hall–Kier alpha value is -4.58. The van der Waals surface area contributed by atoms with Crippen LogP contribution >= 0.6 is 0 Å². The molecule has 0 atom stereocenters. The van der Waals surface area contributed by atoms with Crippen molar-refractivity contribution < 1.29 is 18.3 Å². The largest absolute Gasteiger partial charge is 0.433 e. The number of carbonyl (C=O) groups is 1. The van der Waals surface area contributed by atoms with Crippen molar-refractivity contribution in [1.29, 1.82) is 5.41 Å². The lowest BCUT2D eigenvalue weighted by Gasteiger charge is -2.39. The average molecular weight is 593 g/mol. The summed E-state index contributed by atoms with van der Waals surface area (Å²) in [6.07, 6.45) is 5.59. The Morgan fingerprint density at radius 2 is 1.88 bits per heavy atom. The molecule has 1 aromatic heterocycles. The van der Waals surface area contributed by atoms with Gasteiger partial charge < -0.3 is 35.9 Å². The van der Waals surface area contributed by atoms with Gasteiger partial charge in [-0.3, -0.25) is 4.79 Å². The molecule has 2 aromatic carbocycles. The molecule has 0 radical (unpaired) electrons. The summed E-state index contributed by atoms with van der Waals surface area (Å²) in [6.45, 7) is 8.09. The van der Waals surface area contributed by atoms with E-state index >= 15 is 0 Å². The minimum absolute atomic E-state index is 0.0829. The number of amides is 1. The molecule has 12 heteroatoms. The summed E-state index contributed by atoms with van der Waals surface area (Å²) in [5.74, 6) is -0.175. The zero-order valence-electron chi connectivity index (χ0n) is 24.7. The van der Waals surface area contributed by atoms with Crippen molar-refractivity contribution in [2.75, 3.05) is 54.1 Å². The Kier molecular flexibility index (Phi) is 10.6. The topological polar surface area (TPSA) is 118 Å². The van der Waals surface area contributed by atoms with Crippen LogP contribution in [-0.2, 0) is 4.79 Å². The van der Waals surface area contributed by atoms with Crippen LogP contribution in [0.4, 0.5) is 37.3 Å². The molecule has 0 saturated carbocycles. The number of alkyl halides is 2. The van der Waals surface area contributed by atoms with Gasteiger partial charge in [0.05, 0.1) is 22.8 Å². The highest BCUT2D eigenvalue weighted by molar-refractivity contribution is 6.02. The number of nitrogens with one attached hydrogen (secondary N) is 4. The number of carbonyl (C=O) groups excluding carboxylic acids is 1. The van der Waals surface area contributed by atoms with Crippen LogP contribution in [0, 0.1) is 5.41 Å². The predicted molar refractivity (Wildman–Crippen MR) is 168 cm³/mol. The minimum atomic E-state index is -3.07. The lowest BCUT2D eigenvalue weighted by molar-refractivity contribution is -0.111. The van der Waals surface area contributed by atoms with Gasteiger partial charge in [0.25, 0.3) is 0 Å². The number of benzene rings is 2. The van der Waals surface area contributed by atoms with Gasteiger partial charge in [0.1, 0.15) is 12.1 Å². The quantitative estimate of drug-likeness (QED) is 0.142. The number of halogens is 2. The molecule has 1 amide bonds. The number of ether oxygens (including phenoxy) is 1. The van der Waals surface area contributed by atoms with Gasteiger partial charge in [-0.05, 0) is 44.1 Å². The van der Waals surface area contributed by atoms with Gasteiger partial charge in [-0.25, -0.2) is 9.97 Å². The first kappa shape index (κ1) is 31.4. The molecule has 1 saturated heterocycles. The van der Waals surface area contributed by atoms with E-state index in [1.54, 1.807) is 25.2 Å². The molecule has 43 heavy (non-hydrogen) atoms. The maximum Gasteiger partial charge on any atom is 0.387 e. The highest BCUT2D eigenvalue weighted by Crippen LogP contribution is 2.40. The van der Waals surface area contributed by atoms with Crippen molar-refractivity contribution in [1.82, 2.24) is 14.9 Å². The van der Waals surface area contributed by atoms with Crippen molar-refractivity contribution in [3.63, 3.8) is 0 Å². The fourth-order valence-electron chi connectivity index (χ4n) is 5.40. The zero-order valence-corrected chi connectivity index (χ0v) is 24.7. The Morgan fingerprint density at radius 3 is 2.51 bits per heavy atom. The van der Waals surface area contributed by atoms with E-state index in [-0.39, 0.29) is 11.4 Å². The van der Waals surface area contributed by atoms with Crippen LogP contribution < -0.4 is 25.6 Å². The van der Waals surface area contributed by atoms with Crippen LogP contribution in [-0.4, -0.2) is 72.9 Å². The van der Waals surface area contributed by atoms with Crippen LogP contribution in [0.15, 0.2) is 55.4 Å². The van der Waals surface area contributed by atoms with E-state index in [0.29, 0.717) is 42.0 Å². The van der Waals surface area contributed by atoms with Gasteiger partial charge in [0.15, 0.2) is 5.75 Å². The molecule has 0 bridgehead atoms. The molecule has 4 N–H and O–H groups in total. The summed E-state index contributed by atoms with van der Waals surface area (Å²) in [6, 6.07) is 10.7. The molecule has 3 aromatic rings. The maximum atomic E-state index is 13.6.